The molecule has 8 heteroatoms. The van der Waals surface area contributed by atoms with Crippen molar-refractivity contribution < 1.29 is 4.21 Å². The number of anilines is 3. The highest BCUT2D eigenvalue weighted by Gasteiger charge is 2.14. The third kappa shape index (κ3) is 3.90. The van der Waals surface area contributed by atoms with Gasteiger partial charge in [0, 0.05) is 52.6 Å². The number of fused-ring (bicyclic) bond motifs is 4. The molecule has 0 amide bonds. The molecule has 3 aromatic rings. The first kappa shape index (κ1) is 17.4. The van der Waals surface area contributed by atoms with Crippen LogP contribution in [0.1, 0.15) is 12.8 Å². The van der Waals surface area contributed by atoms with Crippen molar-refractivity contribution >= 4 is 27.2 Å². The smallest absolute Gasteiger partial charge is 0.229 e. The number of aromatic nitrogens is 3. The summed E-state index contributed by atoms with van der Waals surface area (Å²) in [4.78, 5) is 13.7. The highest BCUT2D eigenvalue weighted by Crippen LogP contribution is 2.28. The Labute approximate surface area is 158 Å². The van der Waals surface area contributed by atoms with Gasteiger partial charge in [-0.1, -0.05) is 12.1 Å². The minimum Gasteiger partial charge on any atom is -0.369 e. The molecule has 0 radical (unpaired) electrons. The predicted octanol–water partition coefficient (Wildman–Crippen LogP) is 3.89. The number of nitrogens with one attached hydrogen (secondary N) is 3. The normalized spacial score (nSPS) is 19.6. The fraction of sp³-hybridized carbons (Fsp3) is 0.211. The lowest BCUT2D eigenvalue weighted by Gasteiger charge is -2.12. The monoisotopic (exact) mass is 380 g/mol. The Kier molecular flexibility index (Phi) is 4.72. The Morgan fingerprint density at radius 1 is 1.11 bits per heavy atom. The Balaban J connectivity index is 1.75. The first-order valence-electron chi connectivity index (χ1n) is 8.77. The summed E-state index contributed by atoms with van der Waals surface area (Å²) in [5.41, 5.74) is 2.53. The van der Waals surface area contributed by atoms with Gasteiger partial charge in [0.25, 0.3) is 0 Å². The summed E-state index contributed by atoms with van der Waals surface area (Å²) in [6.07, 6.45) is 6.78. The third-order valence-corrected chi connectivity index (χ3v) is 6.26. The van der Waals surface area contributed by atoms with E-state index in [0.29, 0.717) is 35.2 Å². The third-order valence-electron chi connectivity index (χ3n) is 4.38. The summed E-state index contributed by atoms with van der Waals surface area (Å²) in [5, 5.41) is 6.50. The minimum atomic E-state index is -2.80. The molecule has 3 heterocycles. The summed E-state index contributed by atoms with van der Waals surface area (Å²) < 4.78 is 21.0. The summed E-state index contributed by atoms with van der Waals surface area (Å²) in [6, 6.07) is 11.0. The SMILES string of the molecule is N=S1(=O)CCCCNc2nc(ncc2-c2cccnc2)Nc2cccc1c2. The van der Waals surface area contributed by atoms with Crippen LogP contribution in [-0.4, -0.2) is 31.5 Å². The zero-order valence-corrected chi connectivity index (χ0v) is 15.5. The molecule has 1 aliphatic rings. The molecule has 138 valence electrons. The van der Waals surface area contributed by atoms with Crippen LogP contribution in [0.15, 0.2) is 59.9 Å². The topological polar surface area (TPSA) is 104 Å². The molecule has 4 rings (SSSR count). The van der Waals surface area contributed by atoms with Gasteiger partial charge in [-0.3, -0.25) is 4.98 Å². The highest BCUT2D eigenvalue weighted by atomic mass is 32.2. The number of pyridine rings is 1. The molecule has 3 N–H and O–H groups in total. The quantitative estimate of drug-likeness (QED) is 0.592. The molecule has 2 aromatic heterocycles. The van der Waals surface area contributed by atoms with Crippen LogP contribution in [0.3, 0.4) is 0 Å². The van der Waals surface area contributed by atoms with E-state index in [0.717, 1.165) is 23.4 Å². The summed E-state index contributed by atoms with van der Waals surface area (Å²) >= 11 is 0. The van der Waals surface area contributed by atoms with E-state index in [1.807, 2.05) is 18.2 Å². The Hall–Kier alpha value is -3.00. The molecule has 7 nitrogen and oxygen atoms in total. The molecule has 4 bridgehead atoms. The van der Waals surface area contributed by atoms with Crippen molar-refractivity contribution in [3.63, 3.8) is 0 Å². The van der Waals surface area contributed by atoms with E-state index < -0.39 is 9.73 Å². The van der Waals surface area contributed by atoms with E-state index in [1.165, 1.54) is 0 Å². The maximum atomic E-state index is 12.7. The van der Waals surface area contributed by atoms with Crippen LogP contribution >= 0.6 is 0 Å². The zero-order chi connectivity index (χ0) is 18.7. The second-order valence-electron chi connectivity index (χ2n) is 6.36. The molecule has 1 aromatic carbocycles. The van der Waals surface area contributed by atoms with Crippen molar-refractivity contribution in [2.75, 3.05) is 22.9 Å². The first-order valence-corrected chi connectivity index (χ1v) is 10.5. The molecule has 0 saturated carbocycles. The summed E-state index contributed by atoms with van der Waals surface area (Å²) in [5.74, 6) is 1.51. The fourth-order valence-corrected chi connectivity index (χ4v) is 4.44. The van der Waals surface area contributed by atoms with E-state index >= 15 is 0 Å². The van der Waals surface area contributed by atoms with Crippen molar-refractivity contribution in [1.82, 2.24) is 15.0 Å². The summed E-state index contributed by atoms with van der Waals surface area (Å²) in [7, 11) is -2.80. The van der Waals surface area contributed by atoms with Gasteiger partial charge in [-0.2, -0.15) is 4.98 Å². The second kappa shape index (κ2) is 7.32. The Bertz CT molecular complexity index is 1050. The minimum absolute atomic E-state index is 0.344. The standard InChI is InChI=1S/C19H20N6OS/c20-27(26)10-2-1-9-22-18-17(14-5-4-8-21-12-14)13-23-19(25-18)24-15-6-3-7-16(27)11-15/h3-8,11-13,20H,1-2,9-10H2,(H2,22,23,24,25). The van der Waals surface area contributed by atoms with Crippen molar-refractivity contribution in [2.24, 2.45) is 0 Å². The number of nitrogens with zero attached hydrogens (tertiary/aromatic N) is 3. The van der Waals surface area contributed by atoms with Gasteiger partial charge in [0.2, 0.25) is 5.95 Å². The van der Waals surface area contributed by atoms with Crippen LogP contribution in [0.2, 0.25) is 0 Å². The molecule has 1 unspecified atom stereocenters. The molecule has 0 aliphatic carbocycles. The van der Waals surface area contributed by atoms with Gasteiger partial charge in [-0.15, -0.1) is 0 Å². The number of hydrogen-bond donors (Lipinski definition) is 3. The molecule has 1 aliphatic heterocycles. The van der Waals surface area contributed by atoms with Gasteiger partial charge < -0.3 is 10.6 Å². The molecule has 0 spiro atoms. The lowest BCUT2D eigenvalue weighted by molar-refractivity contribution is 0.670. The van der Waals surface area contributed by atoms with Gasteiger partial charge in [0.1, 0.15) is 5.82 Å². The molecule has 0 saturated heterocycles. The van der Waals surface area contributed by atoms with Crippen molar-refractivity contribution in [1.29, 1.82) is 4.78 Å². The van der Waals surface area contributed by atoms with Crippen LogP contribution in [0, 0.1) is 4.78 Å². The van der Waals surface area contributed by atoms with Gasteiger partial charge in [0.05, 0.1) is 9.73 Å². The second-order valence-corrected chi connectivity index (χ2v) is 8.59. The molecular formula is C19H20N6OS. The average Bonchev–Trinajstić information content (AvgIpc) is 2.68. The van der Waals surface area contributed by atoms with Crippen LogP contribution in [0.25, 0.3) is 11.1 Å². The van der Waals surface area contributed by atoms with E-state index in [9.17, 15) is 4.21 Å². The molecule has 27 heavy (non-hydrogen) atoms. The largest absolute Gasteiger partial charge is 0.369 e. The van der Waals surface area contributed by atoms with Gasteiger partial charge in [0.15, 0.2) is 0 Å². The van der Waals surface area contributed by atoms with Gasteiger partial charge in [-0.25, -0.2) is 14.0 Å². The lowest BCUT2D eigenvalue weighted by atomic mass is 10.1. The number of hydrogen-bond acceptors (Lipinski definition) is 7. The van der Waals surface area contributed by atoms with Crippen LogP contribution in [0.5, 0.6) is 0 Å². The van der Waals surface area contributed by atoms with Crippen LogP contribution < -0.4 is 10.6 Å². The van der Waals surface area contributed by atoms with Crippen molar-refractivity contribution in [3.05, 3.63) is 55.0 Å². The number of rotatable bonds is 1. The summed E-state index contributed by atoms with van der Waals surface area (Å²) in [6.45, 7) is 0.677. The maximum Gasteiger partial charge on any atom is 0.229 e. The van der Waals surface area contributed by atoms with Gasteiger partial charge in [-0.05, 0) is 37.1 Å². The first-order chi connectivity index (χ1) is 13.1. The lowest BCUT2D eigenvalue weighted by Crippen LogP contribution is -2.09. The maximum absolute atomic E-state index is 12.7. The van der Waals surface area contributed by atoms with Gasteiger partial charge >= 0.3 is 0 Å². The zero-order valence-electron chi connectivity index (χ0n) is 14.7. The van der Waals surface area contributed by atoms with Crippen molar-refractivity contribution in [3.8, 4) is 11.1 Å². The predicted molar refractivity (Wildman–Crippen MR) is 107 cm³/mol. The molecule has 1 atom stereocenters. The fourth-order valence-electron chi connectivity index (χ4n) is 2.97. The molecular weight excluding hydrogens is 360 g/mol. The van der Waals surface area contributed by atoms with Crippen molar-refractivity contribution in [2.45, 2.75) is 17.7 Å². The Morgan fingerprint density at radius 2 is 2.04 bits per heavy atom. The average molecular weight is 380 g/mol. The van der Waals surface area contributed by atoms with E-state index in [1.54, 1.807) is 36.8 Å². The van der Waals surface area contributed by atoms with E-state index in [4.69, 9.17) is 4.78 Å². The van der Waals surface area contributed by atoms with Crippen LogP contribution in [-0.2, 0) is 9.73 Å². The number of benzene rings is 1. The van der Waals surface area contributed by atoms with E-state index in [-0.39, 0.29) is 0 Å². The highest BCUT2D eigenvalue weighted by molar-refractivity contribution is 7.92. The van der Waals surface area contributed by atoms with E-state index in [2.05, 4.69) is 25.6 Å². The molecule has 0 fully saturated rings. The Morgan fingerprint density at radius 3 is 2.89 bits per heavy atom. The van der Waals surface area contributed by atoms with Crippen LogP contribution in [0.4, 0.5) is 17.5 Å².